The standard InChI is InChI=1S/C25H21ClN2O2S/c1-16-7-10-18(11-8-16)14-27-22-6-4-3-5-20(22)25(24(27)30)28(23(29)15-31-25)19-12-9-17(2)21(26)13-19/h3-13H,14-15H2,1-2H3/t25-/m0/s1. The minimum Gasteiger partial charge on any atom is -0.304 e. The third-order valence-corrected chi connectivity index (χ3v) is 7.73. The van der Waals surface area contributed by atoms with Crippen LogP contribution in [0, 0.1) is 13.8 Å². The fourth-order valence-corrected chi connectivity index (χ4v) is 5.84. The molecule has 31 heavy (non-hydrogen) atoms. The third-order valence-electron chi connectivity index (χ3n) is 5.94. The molecule has 2 aliphatic heterocycles. The molecule has 4 nitrogen and oxygen atoms in total. The molecule has 5 rings (SSSR count). The summed E-state index contributed by atoms with van der Waals surface area (Å²) in [7, 11) is 0. The number of nitrogens with zero attached hydrogens (tertiary/aromatic N) is 2. The Morgan fingerprint density at radius 3 is 2.48 bits per heavy atom. The van der Waals surface area contributed by atoms with Gasteiger partial charge in [-0.2, -0.15) is 0 Å². The Labute approximate surface area is 190 Å². The summed E-state index contributed by atoms with van der Waals surface area (Å²) in [5.74, 6) is 0.0521. The molecule has 0 saturated carbocycles. The van der Waals surface area contributed by atoms with Gasteiger partial charge in [0, 0.05) is 16.3 Å². The molecule has 1 atom stereocenters. The van der Waals surface area contributed by atoms with Crippen LogP contribution in [-0.2, 0) is 21.0 Å². The summed E-state index contributed by atoms with van der Waals surface area (Å²) in [5.41, 5.74) is 5.49. The summed E-state index contributed by atoms with van der Waals surface area (Å²) in [4.78, 5) is 29.4. The summed E-state index contributed by atoms with van der Waals surface area (Å²) in [6, 6.07) is 21.5. The first-order valence-corrected chi connectivity index (χ1v) is 11.5. The maximum atomic E-state index is 14.0. The van der Waals surface area contributed by atoms with Crippen LogP contribution in [0.2, 0.25) is 5.02 Å². The SMILES string of the molecule is Cc1ccc(CN2C(=O)[C@@]3(SCC(=O)N3c3ccc(C)c(Cl)c3)c3ccccc32)cc1. The lowest BCUT2D eigenvalue weighted by molar-refractivity contribution is -0.123. The molecule has 1 saturated heterocycles. The highest BCUT2D eigenvalue weighted by Gasteiger charge is 2.60. The Bertz CT molecular complexity index is 1210. The molecule has 0 bridgehead atoms. The topological polar surface area (TPSA) is 40.6 Å². The number of amides is 2. The van der Waals surface area contributed by atoms with Crippen molar-refractivity contribution in [3.05, 3.63) is 94.0 Å². The van der Waals surface area contributed by atoms with Crippen LogP contribution in [0.1, 0.15) is 22.3 Å². The molecular weight excluding hydrogens is 428 g/mol. The van der Waals surface area contributed by atoms with E-state index >= 15 is 0 Å². The third kappa shape index (κ3) is 3.07. The molecule has 0 radical (unpaired) electrons. The molecule has 2 heterocycles. The average Bonchev–Trinajstić information content (AvgIpc) is 3.23. The lowest BCUT2D eigenvalue weighted by Crippen LogP contribution is -2.49. The van der Waals surface area contributed by atoms with Crippen molar-refractivity contribution < 1.29 is 9.59 Å². The zero-order valence-electron chi connectivity index (χ0n) is 17.3. The van der Waals surface area contributed by atoms with Crippen LogP contribution in [0.5, 0.6) is 0 Å². The second kappa shape index (κ2) is 7.43. The Balaban J connectivity index is 1.63. The summed E-state index contributed by atoms with van der Waals surface area (Å²) in [6.45, 7) is 4.41. The van der Waals surface area contributed by atoms with Crippen LogP contribution in [0.25, 0.3) is 0 Å². The predicted octanol–water partition coefficient (Wildman–Crippen LogP) is 5.44. The second-order valence-corrected chi connectivity index (χ2v) is 9.56. The van der Waals surface area contributed by atoms with Gasteiger partial charge in [0.15, 0.2) is 0 Å². The number of carbonyl (C=O) groups is 2. The van der Waals surface area contributed by atoms with Crippen LogP contribution >= 0.6 is 23.4 Å². The Morgan fingerprint density at radius 1 is 1.00 bits per heavy atom. The first-order valence-electron chi connectivity index (χ1n) is 10.1. The molecular formula is C25H21ClN2O2S. The minimum absolute atomic E-state index is 0.0924. The number of hydrogen-bond donors (Lipinski definition) is 0. The first kappa shape index (κ1) is 20.2. The van der Waals surface area contributed by atoms with Gasteiger partial charge in [-0.1, -0.05) is 65.7 Å². The average molecular weight is 449 g/mol. The summed E-state index contributed by atoms with van der Waals surface area (Å²) in [6.07, 6.45) is 0. The molecule has 0 unspecified atom stereocenters. The van der Waals surface area contributed by atoms with Gasteiger partial charge in [-0.15, -0.1) is 11.8 Å². The van der Waals surface area contributed by atoms with Crippen LogP contribution in [0.4, 0.5) is 11.4 Å². The Morgan fingerprint density at radius 2 is 1.74 bits per heavy atom. The maximum Gasteiger partial charge on any atom is 0.269 e. The highest BCUT2D eigenvalue weighted by molar-refractivity contribution is 8.02. The van der Waals surface area contributed by atoms with E-state index in [1.165, 1.54) is 17.3 Å². The van der Waals surface area contributed by atoms with Crippen molar-refractivity contribution in [2.75, 3.05) is 15.6 Å². The number of carbonyl (C=O) groups excluding carboxylic acids is 2. The van der Waals surface area contributed by atoms with E-state index in [0.29, 0.717) is 17.3 Å². The molecule has 3 aromatic carbocycles. The van der Waals surface area contributed by atoms with Gasteiger partial charge >= 0.3 is 0 Å². The van der Waals surface area contributed by atoms with Crippen molar-refractivity contribution in [2.24, 2.45) is 0 Å². The molecule has 0 aromatic heterocycles. The fourth-order valence-electron chi connectivity index (χ4n) is 4.31. The van der Waals surface area contributed by atoms with Gasteiger partial charge in [-0.3, -0.25) is 14.5 Å². The number of hydrogen-bond acceptors (Lipinski definition) is 3. The minimum atomic E-state index is -1.11. The normalized spacial score (nSPS) is 20.1. The zero-order valence-corrected chi connectivity index (χ0v) is 18.8. The molecule has 2 amide bonds. The van der Waals surface area contributed by atoms with E-state index in [0.717, 1.165) is 22.4 Å². The van der Waals surface area contributed by atoms with Gasteiger partial charge in [0.2, 0.25) is 10.8 Å². The number of thioether (sulfide) groups is 1. The number of benzene rings is 3. The molecule has 3 aromatic rings. The van der Waals surface area contributed by atoms with Crippen molar-refractivity contribution >= 4 is 46.6 Å². The molecule has 6 heteroatoms. The van der Waals surface area contributed by atoms with Gasteiger partial charge in [-0.25, -0.2) is 0 Å². The summed E-state index contributed by atoms with van der Waals surface area (Å²) >= 11 is 7.76. The van der Waals surface area contributed by atoms with Crippen LogP contribution < -0.4 is 9.80 Å². The van der Waals surface area contributed by atoms with Crippen LogP contribution in [-0.4, -0.2) is 17.6 Å². The second-order valence-electron chi connectivity index (χ2n) is 7.99. The zero-order chi connectivity index (χ0) is 21.8. The number of para-hydroxylation sites is 1. The molecule has 1 spiro atoms. The fraction of sp³-hybridized carbons (Fsp3) is 0.200. The van der Waals surface area contributed by atoms with Crippen molar-refractivity contribution in [3.8, 4) is 0 Å². The van der Waals surface area contributed by atoms with Crippen molar-refractivity contribution in [1.29, 1.82) is 0 Å². The molecule has 2 aliphatic rings. The van der Waals surface area contributed by atoms with Crippen molar-refractivity contribution in [3.63, 3.8) is 0 Å². The molecule has 156 valence electrons. The van der Waals surface area contributed by atoms with E-state index < -0.39 is 4.87 Å². The Hall–Kier alpha value is -2.76. The van der Waals surface area contributed by atoms with Crippen LogP contribution in [0.15, 0.2) is 66.7 Å². The number of anilines is 2. The number of fused-ring (bicyclic) bond motifs is 2. The maximum absolute atomic E-state index is 14.0. The van der Waals surface area contributed by atoms with Gasteiger partial charge in [0.1, 0.15) is 0 Å². The van der Waals surface area contributed by atoms with Gasteiger partial charge in [-0.05, 0) is 43.2 Å². The summed E-state index contributed by atoms with van der Waals surface area (Å²) < 4.78 is 0. The van der Waals surface area contributed by atoms with E-state index in [4.69, 9.17) is 11.6 Å². The van der Waals surface area contributed by atoms with E-state index in [-0.39, 0.29) is 17.6 Å². The molecule has 0 N–H and O–H groups in total. The predicted molar refractivity (Wildman–Crippen MR) is 127 cm³/mol. The largest absolute Gasteiger partial charge is 0.304 e. The van der Waals surface area contributed by atoms with E-state index in [2.05, 4.69) is 0 Å². The molecule has 0 aliphatic carbocycles. The van der Waals surface area contributed by atoms with Gasteiger partial charge < -0.3 is 4.90 Å². The van der Waals surface area contributed by atoms with E-state index in [9.17, 15) is 9.59 Å². The monoisotopic (exact) mass is 448 g/mol. The summed E-state index contributed by atoms with van der Waals surface area (Å²) in [5, 5.41) is 0.576. The smallest absolute Gasteiger partial charge is 0.269 e. The van der Waals surface area contributed by atoms with E-state index in [1.807, 2.05) is 74.5 Å². The lowest BCUT2D eigenvalue weighted by atomic mass is 10.0. The van der Waals surface area contributed by atoms with Crippen molar-refractivity contribution in [1.82, 2.24) is 0 Å². The number of halogens is 1. The highest BCUT2D eigenvalue weighted by Crippen LogP contribution is 2.56. The lowest BCUT2D eigenvalue weighted by Gasteiger charge is -2.33. The Kier molecular flexibility index (Phi) is 4.83. The van der Waals surface area contributed by atoms with Gasteiger partial charge in [0.25, 0.3) is 5.91 Å². The van der Waals surface area contributed by atoms with E-state index in [1.54, 1.807) is 15.9 Å². The van der Waals surface area contributed by atoms with Crippen LogP contribution in [0.3, 0.4) is 0 Å². The molecule has 1 fully saturated rings. The van der Waals surface area contributed by atoms with Gasteiger partial charge in [0.05, 0.1) is 18.0 Å². The van der Waals surface area contributed by atoms with Crippen molar-refractivity contribution in [2.45, 2.75) is 25.3 Å². The number of rotatable bonds is 3. The number of aryl methyl sites for hydroxylation is 2. The quantitative estimate of drug-likeness (QED) is 0.536. The first-order chi connectivity index (χ1) is 14.9. The highest BCUT2D eigenvalue weighted by atomic mass is 35.5.